The van der Waals surface area contributed by atoms with E-state index in [-0.39, 0.29) is 10.6 Å². The summed E-state index contributed by atoms with van der Waals surface area (Å²) in [5.74, 6) is -0.278. The number of amides is 1. The number of nitrogens with zero attached hydrogens (tertiary/aromatic N) is 1. The van der Waals surface area contributed by atoms with E-state index < -0.39 is 11.7 Å². The summed E-state index contributed by atoms with van der Waals surface area (Å²) in [5.41, 5.74) is 2.83. The summed E-state index contributed by atoms with van der Waals surface area (Å²) in [4.78, 5) is 11.8. The first-order valence-corrected chi connectivity index (χ1v) is 6.41. The van der Waals surface area contributed by atoms with Crippen molar-refractivity contribution in [1.29, 1.82) is 0 Å². The Morgan fingerprint density at radius 2 is 2.00 bits per heavy atom. The highest BCUT2D eigenvalue weighted by atomic mass is 35.5. The molecule has 2 rings (SSSR count). The quantitative estimate of drug-likeness (QED) is 0.696. The Balaban J connectivity index is 2.05. The van der Waals surface area contributed by atoms with Crippen molar-refractivity contribution >= 4 is 23.7 Å². The number of nitrogens with one attached hydrogen (secondary N) is 1. The van der Waals surface area contributed by atoms with Gasteiger partial charge in [0.1, 0.15) is 11.6 Å². The van der Waals surface area contributed by atoms with Crippen molar-refractivity contribution in [2.24, 2.45) is 5.10 Å². The van der Waals surface area contributed by atoms with Crippen LogP contribution in [0.1, 0.15) is 15.9 Å². The van der Waals surface area contributed by atoms with Crippen LogP contribution in [0.4, 0.5) is 4.39 Å². The maximum absolute atomic E-state index is 13.5. The molecule has 108 valence electrons. The Morgan fingerprint density at radius 3 is 2.62 bits per heavy atom. The fourth-order valence-corrected chi connectivity index (χ4v) is 1.81. The van der Waals surface area contributed by atoms with Gasteiger partial charge in [-0.1, -0.05) is 17.7 Å². The van der Waals surface area contributed by atoms with Gasteiger partial charge in [-0.25, -0.2) is 9.82 Å². The zero-order chi connectivity index (χ0) is 15.2. The van der Waals surface area contributed by atoms with Crippen molar-refractivity contribution in [3.63, 3.8) is 0 Å². The smallest absolute Gasteiger partial charge is 0.271 e. The van der Waals surface area contributed by atoms with Crippen molar-refractivity contribution in [1.82, 2.24) is 5.43 Å². The molecule has 0 aliphatic heterocycles. The fraction of sp³-hybridized carbons (Fsp3) is 0.0667. The Kier molecular flexibility index (Phi) is 4.90. The highest BCUT2D eigenvalue weighted by Gasteiger charge is 2.06. The van der Waals surface area contributed by atoms with Gasteiger partial charge in [-0.2, -0.15) is 5.10 Å². The van der Waals surface area contributed by atoms with Gasteiger partial charge in [0, 0.05) is 11.1 Å². The molecule has 0 aliphatic rings. The van der Waals surface area contributed by atoms with Crippen LogP contribution in [0.25, 0.3) is 0 Å². The summed E-state index contributed by atoms with van der Waals surface area (Å²) in [6.07, 6.45) is 1.17. The molecule has 0 aromatic heterocycles. The standard InChI is InChI=1S/C15H12ClFN2O2/c1-21-11-7-5-10(6-8-11)15(20)19-18-9-12-13(16)3-2-4-14(12)17/h2-9H,1H3,(H,19,20)/b18-9-. The Morgan fingerprint density at radius 1 is 1.29 bits per heavy atom. The van der Waals surface area contributed by atoms with Crippen molar-refractivity contribution in [2.75, 3.05) is 7.11 Å². The van der Waals surface area contributed by atoms with Crippen molar-refractivity contribution in [2.45, 2.75) is 0 Å². The Hall–Kier alpha value is -2.40. The van der Waals surface area contributed by atoms with E-state index in [4.69, 9.17) is 16.3 Å². The van der Waals surface area contributed by atoms with Crippen LogP contribution in [0, 0.1) is 5.82 Å². The van der Waals surface area contributed by atoms with Crippen molar-refractivity contribution in [3.05, 3.63) is 64.4 Å². The Labute approximate surface area is 126 Å². The SMILES string of the molecule is COc1ccc(C(=O)N/N=C\c2c(F)cccc2Cl)cc1. The van der Waals surface area contributed by atoms with Gasteiger partial charge in [-0.05, 0) is 36.4 Å². The van der Waals surface area contributed by atoms with Crippen LogP contribution < -0.4 is 10.2 Å². The van der Waals surface area contributed by atoms with Crippen LogP contribution in [0.15, 0.2) is 47.6 Å². The average Bonchev–Trinajstić information content (AvgIpc) is 2.50. The number of hydrazone groups is 1. The van der Waals surface area contributed by atoms with Gasteiger partial charge in [0.2, 0.25) is 0 Å². The molecule has 0 radical (unpaired) electrons. The summed E-state index contributed by atoms with van der Waals surface area (Å²) in [7, 11) is 1.54. The number of hydrogen-bond acceptors (Lipinski definition) is 3. The number of carbonyl (C=O) groups excluding carboxylic acids is 1. The van der Waals surface area contributed by atoms with Crippen LogP contribution in [0.5, 0.6) is 5.75 Å². The van der Waals surface area contributed by atoms with Gasteiger partial charge in [0.25, 0.3) is 5.91 Å². The lowest BCUT2D eigenvalue weighted by Crippen LogP contribution is -2.17. The van der Waals surface area contributed by atoms with Crippen molar-refractivity contribution in [3.8, 4) is 5.75 Å². The minimum atomic E-state index is -0.509. The van der Waals surface area contributed by atoms with E-state index in [0.29, 0.717) is 11.3 Å². The minimum Gasteiger partial charge on any atom is -0.497 e. The highest BCUT2D eigenvalue weighted by Crippen LogP contribution is 2.16. The molecule has 1 N–H and O–H groups in total. The van der Waals surface area contributed by atoms with E-state index in [1.54, 1.807) is 24.3 Å². The molecule has 0 saturated carbocycles. The largest absolute Gasteiger partial charge is 0.497 e. The predicted molar refractivity (Wildman–Crippen MR) is 79.5 cm³/mol. The van der Waals surface area contributed by atoms with Gasteiger partial charge in [0.05, 0.1) is 18.3 Å². The maximum atomic E-state index is 13.5. The normalized spacial score (nSPS) is 10.6. The topological polar surface area (TPSA) is 50.7 Å². The second-order valence-electron chi connectivity index (χ2n) is 4.06. The molecule has 0 unspecified atom stereocenters. The summed E-state index contributed by atoms with van der Waals surface area (Å²) in [6, 6.07) is 10.8. The van der Waals surface area contributed by atoms with Gasteiger partial charge < -0.3 is 4.74 Å². The molecule has 0 saturated heterocycles. The van der Waals surface area contributed by atoms with Crippen LogP contribution >= 0.6 is 11.6 Å². The molecule has 0 aliphatic carbocycles. The van der Waals surface area contributed by atoms with Crippen molar-refractivity contribution < 1.29 is 13.9 Å². The number of benzene rings is 2. The number of rotatable bonds is 4. The van der Waals surface area contributed by atoms with E-state index >= 15 is 0 Å². The molecule has 21 heavy (non-hydrogen) atoms. The summed E-state index contributed by atoms with van der Waals surface area (Å²) < 4.78 is 18.5. The summed E-state index contributed by atoms with van der Waals surface area (Å²) in [5, 5.41) is 3.92. The molecule has 4 nitrogen and oxygen atoms in total. The molecule has 0 bridgehead atoms. The van der Waals surface area contributed by atoms with Gasteiger partial charge in [-0.3, -0.25) is 4.79 Å². The first kappa shape index (κ1) is 15.0. The molecule has 0 heterocycles. The van der Waals surface area contributed by atoms with E-state index in [9.17, 15) is 9.18 Å². The van der Waals surface area contributed by atoms with E-state index in [1.165, 1.54) is 31.5 Å². The van der Waals surface area contributed by atoms with Gasteiger partial charge >= 0.3 is 0 Å². The zero-order valence-corrected chi connectivity index (χ0v) is 11.9. The van der Waals surface area contributed by atoms with E-state index in [1.807, 2.05) is 0 Å². The summed E-state index contributed by atoms with van der Waals surface area (Å²) in [6.45, 7) is 0. The highest BCUT2D eigenvalue weighted by molar-refractivity contribution is 6.33. The second-order valence-corrected chi connectivity index (χ2v) is 4.47. The first-order chi connectivity index (χ1) is 10.1. The minimum absolute atomic E-state index is 0.120. The molecular weight excluding hydrogens is 295 g/mol. The third kappa shape index (κ3) is 3.79. The molecular formula is C15H12ClFN2O2. The Bertz CT molecular complexity index is 652. The average molecular weight is 307 g/mol. The van der Waals surface area contributed by atoms with Crippen LogP contribution in [0.2, 0.25) is 5.02 Å². The van der Waals surface area contributed by atoms with Gasteiger partial charge in [-0.15, -0.1) is 0 Å². The summed E-state index contributed by atoms with van der Waals surface area (Å²) >= 11 is 5.84. The zero-order valence-electron chi connectivity index (χ0n) is 11.1. The van der Waals surface area contributed by atoms with Crippen LogP contribution in [-0.4, -0.2) is 19.2 Å². The molecule has 2 aromatic rings. The number of halogens is 2. The molecule has 0 spiro atoms. The van der Waals surface area contributed by atoms with Crippen LogP contribution in [0.3, 0.4) is 0 Å². The number of hydrogen-bond donors (Lipinski definition) is 1. The van der Waals surface area contributed by atoms with Crippen LogP contribution in [-0.2, 0) is 0 Å². The lowest BCUT2D eigenvalue weighted by atomic mass is 10.2. The number of carbonyl (C=O) groups is 1. The van der Waals surface area contributed by atoms with E-state index in [0.717, 1.165) is 0 Å². The molecule has 6 heteroatoms. The molecule has 2 aromatic carbocycles. The number of ether oxygens (including phenoxy) is 1. The lowest BCUT2D eigenvalue weighted by molar-refractivity contribution is 0.0955. The maximum Gasteiger partial charge on any atom is 0.271 e. The molecule has 0 fully saturated rings. The first-order valence-electron chi connectivity index (χ1n) is 6.03. The van der Waals surface area contributed by atoms with E-state index in [2.05, 4.69) is 10.5 Å². The lowest BCUT2D eigenvalue weighted by Gasteiger charge is -2.02. The monoisotopic (exact) mass is 306 g/mol. The van der Waals surface area contributed by atoms with Gasteiger partial charge in [0.15, 0.2) is 0 Å². The third-order valence-corrected chi connectivity index (χ3v) is 3.04. The third-order valence-electron chi connectivity index (χ3n) is 2.71. The molecule has 0 atom stereocenters. The second kappa shape index (κ2) is 6.85. The number of methoxy groups -OCH3 is 1. The predicted octanol–water partition coefficient (Wildman–Crippen LogP) is 3.25. The molecule has 1 amide bonds. The fourth-order valence-electron chi connectivity index (χ4n) is 1.60.